The third-order valence-corrected chi connectivity index (χ3v) is 32.8. The molecule has 0 aliphatic heterocycles. The zero-order valence-electron chi connectivity index (χ0n) is 88.5. The van der Waals surface area contributed by atoms with Crippen molar-refractivity contribution in [2.24, 2.45) is 0 Å². The first-order valence-electron chi connectivity index (χ1n) is 55.7. The third-order valence-electron chi connectivity index (χ3n) is 25.9. The second-order valence-electron chi connectivity index (χ2n) is 38.4. The van der Waals surface area contributed by atoms with Crippen LogP contribution in [0, 0.1) is 0 Å². The van der Waals surface area contributed by atoms with E-state index in [0.717, 1.165) is 149 Å². The fourth-order valence-electron chi connectivity index (χ4n) is 17.6. The fraction of sp³-hybridized carbons (Fsp3) is 0.600. The SMILES string of the molecule is CCCCCCCCCc1ccccc1OP(=S)([S-])Oc1ccccc1CCCCCCCCC.CCCCCCCCCc1ccccc1OP(=S)([S-])Oc1ccccc1CCCCCCCCC.CCCCCCCCCc1ccccc1OP(=S)([S-])Oc1ccccc1CCCCCCCCC.CCCCCCCCCc1ccccc1OP(=S)([S-])Oc1ccccc1CCCCCCCCC.[Mo+4]. The Labute approximate surface area is 918 Å². The van der Waals surface area contributed by atoms with Gasteiger partial charge in [0.1, 0.15) is 46.0 Å². The molecule has 0 amide bonds. The van der Waals surface area contributed by atoms with E-state index in [4.69, 9.17) is 132 Å². The summed E-state index contributed by atoms with van der Waals surface area (Å²) in [5, 5.41) is 0. The van der Waals surface area contributed by atoms with Gasteiger partial charge in [0.25, 0.3) is 0 Å². The number of aryl methyl sites for hydroxylation is 8. The minimum atomic E-state index is -2.89. The summed E-state index contributed by atoms with van der Waals surface area (Å²) in [5.74, 6) is 6.34. The van der Waals surface area contributed by atoms with Gasteiger partial charge >= 0.3 is 21.1 Å². The molecular formula is C120H184MoO8P4S8. The first-order chi connectivity index (χ1) is 68.2. The van der Waals surface area contributed by atoms with Crippen molar-refractivity contribution in [3.05, 3.63) is 239 Å². The van der Waals surface area contributed by atoms with Gasteiger partial charge in [-0.2, -0.15) is 0 Å². The van der Waals surface area contributed by atoms with Crippen LogP contribution in [0.4, 0.5) is 0 Å². The Kier molecular flexibility index (Phi) is 78.0. The van der Waals surface area contributed by atoms with Gasteiger partial charge in [0.2, 0.25) is 0 Å². The molecule has 0 spiro atoms. The summed E-state index contributed by atoms with van der Waals surface area (Å²) in [6.45, 7) is 18.1. The van der Waals surface area contributed by atoms with E-state index < -0.39 is 22.8 Å². The second-order valence-corrected chi connectivity index (χ2v) is 57.7. The zero-order chi connectivity index (χ0) is 101. The van der Waals surface area contributed by atoms with Crippen LogP contribution in [0.1, 0.15) is 459 Å². The molecule has 0 aliphatic rings. The van der Waals surface area contributed by atoms with Gasteiger partial charge < -0.3 is 85.2 Å². The molecule has 0 fully saturated rings. The molecule has 0 bridgehead atoms. The van der Waals surface area contributed by atoms with Crippen LogP contribution in [-0.2, 0) is 169 Å². The molecule has 0 radical (unpaired) electrons. The summed E-state index contributed by atoms with van der Waals surface area (Å²) >= 11 is 45.6. The van der Waals surface area contributed by atoms with E-state index in [2.05, 4.69) is 152 Å². The minimum Gasteiger partial charge on any atom is -0.665 e. The molecule has 8 aromatic rings. The van der Waals surface area contributed by atoms with Crippen molar-refractivity contribution in [3.8, 4) is 46.0 Å². The Morgan fingerprint density at radius 3 is 0.333 bits per heavy atom. The van der Waals surface area contributed by atoms with E-state index in [9.17, 15) is 0 Å². The number of para-hydroxylation sites is 8. The van der Waals surface area contributed by atoms with Crippen LogP contribution >= 0.6 is 22.8 Å². The Hall–Kier alpha value is -3.15. The zero-order valence-corrected chi connectivity index (χ0v) is 101. The summed E-state index contributed by atoms with van der Waals surface area (Å²) in [7, 11) is 0. The van der Waals surface area contributed by atoms with E-state index in [1.54, 1.807) is 0 Å². The maximum Gasteiger partial charge on any atom is 4.00 e. The molecule has 786 valence electrons. The van der Waals surface area contributed by atoms with Crippen LogP contribution < -0.4 is 36.2 Å². The van der Waals surface area contributed by atoms with Gasteiger partial charge in [-0.15, -0.1) is 0 Å². The van der Waals surface area contributed by atoms with Crippen molar-refractivity contribution in [2.75, 3.05) is 0 Å². The minimum absolute atomic E-state index is 0. The van der Waals surface area contributed by atoms with E-state index in [-0.39, 0.29) is 21.1 Å². The molecule has 0 heterocycles. The second kappa shape index (κ2) is 84.5. The van der Waals surface area contributed by atoms with Gasteiger partial charge in [-0.1, -0.05) is 509 Å². The Morgan fingerprint density at radius 1 is 0.149 bits per heavy atom. The van der Waals surface area contributed by atoms with Gasteiger partial charge in [-0.25, -0.2) is 0 Å². The molecule has 0 N–H and O–H groups in total. The van der Waals surface area contributed by atoms with E-state index in [0.29, 0.717) is 0 Å². The average molecular weight is 2230 g/mol. The van der Waals surface area contributed by atoms with E-state index in [1.807, 2.05) is 97.1 Å². The molecule has 8 rings (SSSR count). The largest absolute Gasteiger partial charge is 4.00 e. The van der Waals surface area contributed by atoms with Crippen molar-refractivity contribution in [1.82, 2.24) is 0 Å². The molecule has 0 saturated carbocycles. The van der Waals surface area contributed by atoms with Crippen molar-refractivity contribution in [1.29, 1.82) is 0 Å². The average Bonchev–Trinajstić information content (AvgIpc) is 0.843. The molecule has 0 saturated heterocycles. The smallest absolute Gasteiger partial charge is 0.665 e. The molecule has 0 aliphatic carbocycles. The van der Waals surface area contributed by atoms with Gasteiger partial charge in [0, 0.05) is 0 Å². The van der Waals surface area contributed by atoms with Crippen LogP contribution in [0.3, 0.4) is 0 Å². The predicted octanol–water partition coefficient (Wildman–Crippen LogP) is 42.0. The summed E-state index contributed by atoms with van der Waals surface area (Å²) < 4.78 is 49.6. The van der Waals surface area contributed by atoms with Crippen molar-refractivity contribution in [3.63, 3.8) is 0 Å². The molecule has 0 atom stereocenters. The van der Waals surface area contributed by atoms with E-state index in [1.165, 1.54) is 353 Å². The van der Waals surface area contributed by atoms with E-state index >= 15 is 0 Å². The number of hydrogen-bond acceptors (Lipinski definition) is 16. The predicted molar refractivity (Wildman–Crippen MR) is 637 cm³/mol. The molecule has 8 nitrogen and oxygen atoms in total. The van der Waals surface area contributed by atoms with Gasteiger partial charge in [0.05, 0.1) is 0 Å². The number of hydrogen-bond donors (Lipinski definition) is 0. The van der Waals surface area contributed by atoms with Crippen LogP contribution in [0.15, 0.2) is 194 Å². The normalized spacial score (nSPS) is 11.4. The molecular weight excluding hydrogens is 2050 g/mol. The Morgan fingerprint density at radius 2 is 0.234 bits per heavy atom. The summed E-state index contributed by atoms with van der Waals surface area (Å²) in [5.41, 5.74) is -2.11. The van der Waals surface area contributed by atoms with Gasteiger partial charge in [0.15, 0.2) is 22.8 Å². The monoisotopic (exact) mass is 2230 g/mol. The Balaban J connectivity index is 0.000000391. The van der Waals surface area contributed by atoms with Crippen LogP contribution in [-0.4, -0.2) is 0 Å². The topological polar surface area (TPSA) is 73.8 Å². The Bertz CT molecular complexity index is 3790. The number of rotatable bonds is 80. The maximum atomic E-state index is 6.20. The molecule has 8 aromatic carbocycles. The summed E-state index contributed by atoms with van der Waals surface area (Å²) in [6.07, 6.45) is 80.4. The number of unbranched alkanes of at least 4 members (excludes halogenated alkanes) is 48. The molecule has 141 heavy (non-hydrogen) atoms. The fourth-order valence-corrected chi connectivity index (χ4v) is 25.0. The van der Waals surface area contributed by atoms with Gasteiger partial charge in [-0.05, 0) is 243 Å². The standard InChI is InChI=1S/4C30H47O2PS2.Mo/c4*1-3-5-7-9-11-13-15-21-27-23-17-19-25-29(27)31-33(34,35)32-30-26-20-18-24-28(30)22-16-14-12-10-8-6-4-2;/h4*17-20,23-26H,3-16,21-22H2,1-2H3,(H,34,35);/q;;;;+4/p-4. The van der Waals surface area contributed by atoms with Crippen LogP contribution in [0.2, 0.25) is 0 Å². The first kappa shape index (κ1) is 130. The quantitative estimate of drug-likeness (QED) is 0.0157. The van der Waals surface area contributed by atoms with Crippen LogP contribution in [0.25, 0.3) is 0 Å². The van der Waals surface area contributed by atoms with Crippen molar-refractivity contribution >= 4 is 119 Å². The first-order valence-corrected chi connectivity index (χ1v) is 70.3. The van der Waals surface area contributed by atoms with Gasteiger partial charge in [-0.3, -0.25) is 0 Å². The number of benzene rings is 8. The van der Waals surface area contributed by atoms with Crippen molar-refractivity contribution in [2.45, 2.75) is 466 Å². The molecule has 21 heteroatoms. The van der Waals surface area contributed by atoms with Crippen molar-refractivity contribution < 1.29 is 57.3 Å². The third kappa shape index (κ3) is 64.2. The molecule has 0 unspecified atom stereocenters. The summed E-state index contributed by atoms with van der Waals surface area (Å²) in [4.78, 5) is 0. The van der Waals surface area contributed by atoms with Crippen LogP contribution in [0.5, 0.6) is 46.0 Å². The maximum absolute atomic E-state index is 6.20. The molecule has 0 aromatic heterocycles. The summed E-state index contributed by atoms with van der Waals surface area (Å²) in [6, 6.07) is 65.3.